The highest BCUT2D eigenvalue weighted by Gasteiger charge is 2.44. The van der Waals surface area contributed by atoms with E-state index in [9.17, 15) is 4.79 Å². The Morgan fingerprint density at radius 3 is 2.33 bits per heavy atom. The standard InChI is InChI=1S/C39H48ClFN2O2.C10H18N2/c1-25-8-5-13-33(38(25)45-39(4,31-11-7-12-31)34-16-15-32(40)23-35(34)41)28-18-20-43(21-19-28)24-27(3)42-36-17-14-30(22-26(36)2)37(44)29-9-6-10-29;1-3-4-5-6-8-12-9-7-11-10(12)2/h5,8,13-17,22-23,27-29,31,42H,6-7,9-12,18-21,24H2,1-4H3;7,9H,3-6,8H2,1-2H3. The van der Waals surface area contributed by atoms with Gasteiger partial charge in [-0.05, 0) is 146 Å². The van der Waals surface area contributed by atoms with Crippen molar-refractivity contribution in [3.05, 3.63) is 111 Å². The molecule has 3 aromatic carbocycles. The van der Waals surface area contributed by atoms with Crippen molar-refractivity contribution in [2.24, 2.45) is 11.8 Å². The molecule has 2 heterocycles. The van der Waals surface area contributed by atoms with E-state index in [1.54, 1.807) is 6.07 Å². The number of imidazole rings is 1. The number of halogens is 2. The first-order valence-electron chi connectivity index (χ1n) is 21.8. The van der Waals surface area contributed by atoms with Crippen LogP contribution in [0.5, 0.6) is 5.75 Å². The van der Waals surface area contributed by atoms with Gasteiger partial charge in [0.1, 0.15) is 23.0 Å². The van der Waals surface area contributed by atoms with E-state index in [0.29, 0.717) is 22.3 Å². The van der Waals surface area contributed by atoms with Crippen LogP contribution in [-0.2, 0) is 12.1 Å². The SMILES string of the molecule is CCCCCCn1ccnc1C.Cc1cc(C(=O)C2CCC2)ccc1NC(C)CN1CCC(c2cccc(C)c2OC(C)(c2ccc(Cl)cc2F)C2CCC2)CC1. The van der Waals surface area contributed by atoms with Crippen molar-refractivity contribution >= 4 is 23.1 Å². The van der Waals surface area contributed by atoms with Crippen LogP contribution >= 0.6 is 11.6 Å². The van der Waals surface area contributed by atoms with Gasteiger partial charge in [0.15, 0.2) is 5.78 Å². The van der Waals surface area contributed by atoms with Crippen molar-refractivity contribution in [3.8, 4) is 5.75 Å². The van der Waals surface area contributed by atoms with E-state index >= 15 is 4.39 Å². The van der Waals surface area contributed by atoms with Crippen molar-refractivity contribution in [2.75, 3.05) is 25.0 Å². The second-order valence-corrected chi connectivity index (χ2v) is 17.8. The number of rotatable bonds is 16. The lowest BCUT2D eigenvalue weighted by Gasteiger charge is -2.44. The van der Waals surface area contributed by atoms with E-state index in [0.717, 1.165) is 105 Å². The minimum atomic E-state index is -0.754. The van der Waals surface area contributed by atoms with E-state index in [-0.39, 0.29) is 23.7 Å². The minimum absolute atomic E-state index is 0.228. The highest BCUT2D eigenvalue weighted by atomic mass is 35.5. The maximum atomic E-state index is 15.3. The molecule has 2 aliphatic carbocycles. The van der Waals surface area contributed by atoms with Gasteiger partial charge < -0.3 is 19.5 Å². The minimum Gasteiger partial charge on any atom is -0.482 e. The number of likely N-dealkylation sites (tertiary alicyclic amines) is 1. The summed E-state index contributed by atoms with van der Waals surface area (Å²) < 4.78 is 24.6. The second-order valence-electron chi connectivity index (χ2n) is 17.3. The molecule has 0 amide bonds. The second kappa shape index (κ2) is 19.8. The van der Waals surface area contributed by atoms with Gasteiger partial charge in [0.25, 0.3) is 0 Å². The number of ether oxygens (including phenoxy) is 1. The third-order valence-corrected chi connectivity index (χ3v) is 13.3. The third-order valence-electron chi connectivity index (χ3n) is 13.0. The number of carbonyl (C=O) groups is 1. The number of nitrogens with one attached hydrogen (secondary N) is 1. The number of ketones is 1. The van der Waals surface area contributed by atoms with E-state index in [4.69, 9.17) is 16.3 Å². The first-order chi connectivity index (χ1) is 27.5. The maximum absolute atomic E-state index is 15.3. The molecule has 2 atom stereocenters. The molecule has 0 bridgehead atoms. The van der Waals surface area contributed by atoms with Crippen molar-refractivity contribution in [1.29, 1.82) is 0 Å². The molecule has 7 rings (SSSR count). The van der Waals surface area contributed by atoms with Crippen LogP contribution in [0, 0.1) is 38.4 Å². The average molecular weight is 798 g/mol. The normalized spacial score (nSPS) is 18.1. The van der Waals surface area contributed by atoms with Crippen LogP contribution in [0.4, 0.5) is 10.1 Å². The Balaban J connectivity index is 0.000000393. The van der Waals surface area contributed by atoms with Crippen LogP contribution in [-0.4, -0.2) is 45.9 Å². The van der Waals surface area contributed by atoms with Crippen molar-refractivity contribution < 1.29 is 13.9 Å². The molecular formula is C49H66ClFN4O2. The summed E-state index contributed by atoms with van der Waals surface area (Å²) in [6.07, 6.45) is 17.8. The Morgan fingerprint density at radius 1 is 0.965 bits per heavy atom. The molecule has 6 nitrogen and oxygen atoms in total. The van der Waals surface area contributed by atoms with Gasteiger partial charge in [-0.2, -0.15) is 0 Å². The van der Waals surface area contributed by atoms with Crippen molar-refractivity contribution in [1.82, 2.24) is 14.5 Å². The predicted molar refractivity (Wildman–Crippen MR) is 233 cm³/mol. The predicted octanol–water partition coefficient (Wildman–Crippen LogP) is 12.6. The molecule has 4 aromatic rings. The van der Waals surface area contributed by atoms with Crippen molar-refractivity contribution in [3.63, 3.8) is 0 Å². The zero-order chi connectivity index (χ0) is 40.5. The van der Waals surface area contributed by atoms with Crippen LogP contribution < -0.4 is 10.1 Å². The summed E-state index contributed by atoms with van der Waals surface area (Å²) in [5.74, 6) is 2.94. The Labute approximate surface area is 347 Å². The number of benzene rings is 3. The first kappa shape index (κ1) is 42.9. The molecule has 2 saturated carbocycles. The lowest BCUT2D eigenvalue weighted by Crippen LogP contribution is -2.43. The van der Waals surface area contributed by atoms with Crippen molar-refractivity contribution in [2.45, 2.75) is 143 Å². The van der Waals surface area contributed by atoms with Gasteiger partial charge in [-0.3, -0.25) is 4.79 Å². The Bertz CT molecular complexity index is 1930. The number of nitrogens with zero attached hydrogens (tertiary/aromatic N) is 3. The van der Waals surface area contributed by atoms with E-state index < -0.39 is 5.60 Å². The largest absolute Gasteiger partial charge is 0.482 e. The van der Waals surface area contributed by atoms with Crippen LogP contribution in [0.25, 0.3) is 0 Å². The van der Waals surface area contributed by atoms with E-state index in [1.165, 1.54) is 43.7 Å². The number of carbonyl (C=O) groups excluding carboxylic acids is 1. The zero-order valence-corrected chi connectivity index (χ0v) is 36.1. The molecule has 308 valence electrons. The molecule has 2 unspecified atom stereocenters. The lowest BCUT2D eigenvalue weighted by molar-refractivity contribution is -0.0203. The molecule has 1 N–H and O–H groups in total. The summed E-state index contributed by atoms with van der Waals surface area (Å²) >= 11 is 6.13. The fourth-order valence-electron chi connectivity index (χ4n) is 8.92. The zero-order valence-electron chi connectivity index (χ0n) is 35.4. The van der Waals surface area contributed by atoms with Gasteiger partial charge in [0.05, 0.1) is 0 Å². The van der Waals surface area contributed by atoms with Gasteiger partial charge in [-0.25, -0.2) is 9.37 Å². The number of piperidine rings is 1. The summed E-state index contributed by atoms with van der Waals surface area (Å²) in [4.78, 5) is 19.4. The van der Waals surface area contributed by atoms with Gasteiger partial charge >= 0.3 is 0 Å². The topological polar surface area (TPSA) is 59.4 Å². The van der Waals surface area contributed by atoms with Gasteiger partial charge in [-0.15, -0.1) is 0 Å². The van der Waals surface area contributed by atoms with E-state index in [1.807, 2.05) is 18.3 Å². The molecule has 0 radical (unpaired) electrons. The molecule has 0 spiro atoms. The third kappa shape index (κ3) is 10.7. The Morgan fingerprint density at radius 2 is 1.72 bits per heavy atom. The molecule has 3 fully saturated rings. The van der Waals surface area contributed by atoms with Gasteiger partial charge in [-0.1, -0.05) is 74.9 Å². The monoisotopic (exact) mass is 796 g/mol. The molecule has 1 saturated heterocycles. The number of aromatic nitrogens is 2. The Kier molecular flexibility index (Phi) is 14.9. The van der Waals surface area contributed by atoms with Crippen LogP contribution in [0.3, 0.4) is 0 Å². The number of hydrogen-bond acceptors (Lipinski definition) is 5. The van der Waals surface area contributed by atoms with Gasteiger partial charge in [0, 0.05) is 65.2 Å². The van der Waals surface area contributed by atoms with Crippen LogP contribution in [0.2, 0.25) is 5.02 Å². The summed E-state index contributed by atoms with van der Waals surface area (Å²) in [6.45, 7) is 16.9. The number of Topliss-reactive ketones (excluding diaryl/α,β-unsaturated/α-hetero) is 1. The number of aryl methyl sites for hydroxylation is 4. The van der Waals surface area contributed by atoms with Crippen LogP contribution in [0.1, 0.15) is 142 Å². The molecule has 1 aromatic heterocycles. The number of anilines is 1. The summed E-state index contributed by atoms with van der Waals surface area (Å²) in [5.41, 5.74) is 5.27. The number of unbranched alkanes of at least 4 members (excludes halogenated alkanes) is 3. The number of para-hydroxylation sites is 1. The summed E-state index contributed by atoms with van der Waals surface area (Å²) in [6, 6.07) is 17.9. The van der Waals surface area contributed by atoms with Gasteiger partial charge in [0.2, 0.25) is 0 Å². The molecule has 8 heteroatoms. The molecule has 1 aliphatic heterocycles. The highest BCUT2D eigenvalue weighted by molar-refractivity contribution is 6.30. The smallest absolute Gasteiger partial charge is 0.165 e. The quantitative estimate of drug-likeness (QED) is 0.0904. The summed E-state index contributed by atoms with van der Waals surface area (Å²) in [7, 11) is 0. The first-order valence-corrected chi connectivity index (χ1v) is 22.2. The van der Waals surface area contributed by atoms with Crippen LogP contribution in [0.15, 0.2) is 67.0 Å². The molecular weight excluding hydrogens is 731 g/mol. The fourth-order valence-corrected chi connectivity index (χ4v) is 9.08. The number of hydrogen-bond donors (Lipinski definition) is 1. The van der Waals surface area contributed by atoms with E-state index in [2.05, 4.69) is 97.8 Å². The maximum Gasteiger partial charge on any atom is 0.165 e. The fraction of sp³-hybridized carbons (Fsp3) is 0.551. The Hall–Kier alpha value is -3.68. The molecule has 57 heavy (non-hydrogen) atoms. The lowest BCUT2D eigenvalue weighted by atomic mass is 9.70. The highest BCUT2D eigenvalue weighted by Crippen LogP contribution is 2.48. The average Bonchev–Trinajstić information content (AvgIpc) is 3.55. The summed E-state index contributed by atoms with van der Waals surface area (Å²) in [5, 5.41) is 4.11. The molecule has 3 aliphatic rings.